The molecule has 0 nitrogen and oxygen atoms in total. The second kappa shape index (κ2) is 11.7. The van der Waals surface area contributed by atoms with E-state index >= 15 is 0 Å². The molecule has 18 heavy (non-hydrogen) atoms. The first-order valence-corrected chi connectivity index (χ1v) is 6.96. The van der Waals surface area contributed by atoms with Crippen LogP contribution in [0.1, 0.15) is 64.2 Å². The van der Waals surface area contributed by atoms with Crippen molar-refractivity contribution in [3.05, 3.63) is 0 Å². The van der Waals surface area contributed by atoms with Crippen molar-refractivity contribution in [2.24, 2.45) is 0 Å². The highest BCUT2D eigenvalue weighted by Gasteiger charge is 1.91. The summed E-state index contributed by atoms with van der Waals surface area (Å²) in [5, 5.41) is 0. The van der Waals surface area contributed by atoms with Crippen LogP contribution in [-0.2, 0) is 0 Å². The van der Waals surface area contributed by atoms with Crippen molar-refractivity contribution < 1.29 is 0 Å². The van der Waals surface area contributed by atoms with Gasteiger partial charge in [0.2, 0.25) is 0 Å². The lowest BCUT2D eigenvalue weighted by Gasteiger charge is -1.99. The number of hydrogen-bond donors (Lipinski definition) is 0. The summed E-state index contributed by atoms with van der Waals surface area (Å²) in [6, 6.07) is 0. The van der Waals surface area contributed by atoms with Gasteiger partial charge >= 0.3 is 0 Å². The quantitative estimate of drug-likeness (QED) is 0.559. The van der Waals surface area contributed by atoms with Gasteiger partial charge < -0.3 is 0 Å². The summed E-state index contributed by atoms with van der Waals surface area (Å²) < 4.78 is 0. The molecule has 1 rings (SSSR count). The van der Waals surface area contributed by atoms with E-state index in [1.807, 2.05) is 0 Å². The van der Waals surface area contributed by atoms with Crippen molar-refractivity contribution in [1.82, 2.24) is 0 Å². The Labute approximate surface area is 112 Å². The molecule has 0 heterocycles. The fraction of sp³-hybridized carbons (Fsp3) is 0.556. The number of hydrogen-bond acceptors (Lipinski definition) is 0. The van der Waals surface area contributed by atoms with Gasteiger partial charge in [0.05, 0.1) is 0 Å². The Morgan fingerprint density at radius 1 is 0.333 bits per heavy atom. The standard InChI is InChI=1S/C18H20/c1-2-4-6-8-10-12-14-16-18-17-15-13-11-9-7-5-3-1/h1-10H2. The van der Waals surface area contributed by atoms with Crippen LogP contribution in [0.15, 0.2) is 0 Å². The summed E-state index contributed by atoms with van der Waals surface area (Å²) in [5.74, 6) is 22.7. The van der Waals surface area contributed by atoms with Crippen LogP contribution in [0.5, 0.6) is 0 Å². The van der Waals surface area contributed by atoms with Crippen molar-refractivity contribution >= 4 is 0 Å². The fourth-order valence-electron chi connectivity index (χ4n) is 1.83. The van der Waals surface area contributed by atoms with E-state index in [0.717, 1.165) is 12.8 Å². The van der Waals surface area contributed by atoms with E-state index in [1.54, 1.807) is 0 Å². The molecule has 0 unspecified atom stereocenters. The molecule has 0 atom stereocenters. The molecule has 0 aromatic rings. The molecule has 0 aromatic heterocycles. The molecule has 0 saturated heterocycles. The summed E-state index contributed by atoms with van der Waals surface area (Å²) in [5.41, 5.74) is 0. The Bertz CT molecular complexity index is 405. The summed E-state index contributed by atoms with van der Waals surface area (Å²) in [7, 11) is 0. The maximum absolute atomic E-state index is 3.06. The van der Waals surface area contributed by atoms with Gasteiger partial charge in [0.15, 0.2) is 0 Å². The van der Waals surface area contributed by atoms with E-state index in [-0.39, 0.29) is 0 Å². The monoisotopic (exact) mass is 236 g/mol. The van der Waals surface area contributed by atoms with Crippen molar-refractivity contribution in [2.75, 3.05) is 0 Å². The first-order chi connectivity index (χ1) is 9.00. The van der Waals surface area contributed by atoms with Crippen molar-refractivity contribution in [3.8, 4) is 47.4 Å². The predicted molar refractivity (Wildman–Crippen MR) is 77.3 cm³/mol. The fourth-order valence-corrected chi connectivity index (χ4v) is 1.83. The molecule has 1 aliphatic carbocycles. The van der Waals surface area contributed by atoms with Gasteiger partial charge in [-0.3, -0.25) is 0 Å². The van der Waals surface area contributed by atoms with Crippen LogP contribution in [0.4, 0.5) is 0 Å². The summed E-state index contributed by atoms with van der Waals surface area (Å²) >= 11 is 0. The van der Waals surface area contributed by atoms with Gasteiger partial charge in [-0.2, -0.15) is 0 Å². The maximum Gasteiger partial charge on any atom is 0.00989 e. The van der Waals surface area contributed by atoms with Gasteiger partial charge in [0.25, 0.3) is 0 Å². The Kier molecular flexibility index (Phi) is 9.31. The SMILES string of the molecule is C1#CC#CCCCCCCCCCCC#CC#C1. The first-order valence-electron chi connectivity index (χ1n) is 6.96. The average Bonchev–Trinajstić information content (AvgIpc) is 2.39. The van der Waals surface area contributed by atoms with Gasteiger partial charge in [-0.15, -0.1) is 0 Å². The smallest absolute Gasteiger partial charge is 0.00989 e. The molecule has 0 N–H and O–H groups in total. The topological polar surface area (TPSA) is 0 Å². The lowest BCUT2D eigenvalue weighted by Crippen LogP contribution is -1.81. The van der Waals surface area contributed by atoms with Crippen molar-refractivity contribution in [3.63, 3.8) is 0 Å². The minimum Gasteiger partial charge on any atom is -0.0891 e. The Balaban J connectivity index is 2.40. The Morgan fingerprint density at radius 2 is 0.667 bits per heavy atom. The lowest BCUT2D eigenvalue weighted by atomic mass is 10.1. The van der Waals surface area contributed by atoms with Crippen LogP contribution in [-0.4, -0.2) is 0 Å². The minimum absolute atomic E-state index is 0.960. The highest BCUT2D eigenvalue weighted by molar-refractivity contribution is 5.39. The van der Waals surface area contributed by atoms with Crippen LogP contribution >= 0.6 is 0 Å². The molecule has 0 fully saturated rings. The minimum atomic E-state index is 0.960. The zero-order valence-electron chi connectivity index (χ0n) is 11.1. The van der Waals surface area contributed by atoms with Gasteiger partial charge in [0.1, 0.15) is 0 Å². The molecule has 92 valence electrons. The molecule has 0 spiro atoms. The molecule has 0 heteroatoms. The van der Waals surface area contributed by atoms with E-state index in [1.165, 1.54) is 51.4 Å². The summed E-state index contributed by atoms with van der Waals surface area (Å²) in [6.07, 6.45) is 12.3. The second-order valence-corrected chi connectivity index (χ2v) is 4.43. The molecule has 0 bridgehead atoms. The first kappa shape index (κ1) is 14.3. The van der Waals surface area contributed by atoms with Crippen LogP contribution in [0.2, 0.25) is 0 Å². The third-order valence-corrected chi connectivity index (χ3v) is 2.84. The molecule has 0 aromatic carbocycles. The zero-order chi connectivity index (χ0) is 12.7. The third-order valence-electron chi connectivity index (χ3n) is 2.84. The normalized spacial score (nSPS) is 16.9. The van der Waals surface area contributed by atoms with E-state index in [2.05, 4.69) is 47.4 Å². The Hall–Kier alpha value is -1.76. The molecule has 0 saturated carbocycles. The van der Waals surface area contributed by atoms with Gasteiger partial charge in [-0.1, -0.05) is 50.4 Å². The number of rotatable bonds is 0. The molecule has 0 radical (unpaired) electrons. The summed E-state index contributed by atoms with van der Waals surface area (Å²) in [4.78, 5) is 0. The maximum atomic E-state index is 3.06. The van der Waals surface area contributed by atoms with Gasteiger partial charge in [0, 0.05) is 12.8 Å². The molecular formula is C18H20. The van der Waals surface area contributed by atoms with Gasteiger partial charge in [-0.05, 0) is 48.4 Å². The largest absolute Gasteiger partial charge is 0.0891 e. The Morgan fingerprint density at radius 3 is 1.11 bits per heavy atom. The van der Waals surface area contributed by atoms with Crippen LogP contribution < -0.4 is 0 Å². The van der Waals surface area contributed by atoms with Crippen LogP contribution in [0.25, 0.3) is 0 Å². The van der Waals surface area contributed by atoms with Gasteiger partial charge in [-0.25, -0.2) is 0 Å². The van der Waals surface area contributed by atoms with Crippen molar-refractivity contribution in [2.45, 2.75) is 64.2 Å². The van der Waals surface area contributed by atoms with E-state index < -0.39 is 0 Å². The molecular weight excluding hydrogens is 216 g/mol. The van der Waals surface area contributed by atoms with Crippen molar-refractivity contribution in [1.29, 1.82) is 0 Å². The zero-order valence-corrected chi connectivity index (χ0v) is 11.1. The summed E-state index contributed by atoms with van der Waals surface area (Å²) in [6.45, 7) is 0. The highest BCUT2D eigenvalue weighted by Crippen LogP contribution is 2.10. The second-order valence-electron chi connectivity index (χ2n) is 4.43. The lowest BCUT2D eigenvalue weighted by molar-refractivity contribution is 0.573. The third kappa shape index (κ3) is 9.46. The molecule has 0 amide bonds. The van der Waals surface area contributed by atoms with E-state index in [0.29, 0.717) is 0 Å². The molecule has 0 aliphatic heterocycles. The predicted octanol–water partition coefficient (Wildman–Crippen LogP) is 3.91. The highest BCUT2D eigenvalue weighted by atomic mass is 14.0. The molecule has 1 aliphatic rings. The van der Waals surface area contributed by atoms with Crippen LogP contribution in [0.3, 0.4) is 0 Å². The van der Waals surface area contributed by atoms with E-state index in [4.69, 9.17) is 0 Å². The average molecular weight is 236 g/mol. The van der Waals surface area contributed by atoms with E-state index in [9.17, 15) is 0 Å². The van der Waals surface area contributed by atoms with Crippen LogP contribution in [0, 0.1) is 47.4 Å².